The van der Waals surface area contributed by atoms with Gasteiger partial charge in [-0.2, -0.15) is 0 Å². The molecule has 1 rings (SSSR count). The minimum Gasteiger partial charge on any atom is -0.389 e. The summed E-state index contributed by atoms with van der Waals surface area (Å²) >= 11 is 0. The highest BCUT2D eigenvalue weighted by molar-refractivity contribution is 5.33. The van der Waals surface area contributed by atoms with Crippen molar-refractivity contribution in [3.63, 3.8) is 0 Å². The van der Waals surface area contributed by atoms with E-state index in [9.17, 15) is 5.11 Å². The van der Waals surface area contributed by atoms with Gasteiger partial charge < -0.3 is 15.2 Å². The van der Waals surface area contributed by atoms with Gasteiger partial charge in [-0.3, -0.25) is 0 Å². The summed E-state index contributed by atoms with van der Waals surface area (Å²) in [6.45, 7) is 3.67. The van der Waals surface area contributed by atoms with Gasteiger partial charge in [0.15, 0.2) is 0 Å². The Balaban J connectivity index is 2.08. The highest BCUT2D eigenvalue weighted by Crippen LogP contribution is 2.00. The topological polar surface area (TPSA) is 54.4 Å². The van der Waals surface area contributed by atoms with Gasteiger partial charge in [-0.15, -0.1) is 0 Å². The first-order valence-corrected chi connectivity index (χ1v) is 5.73. The Bertz CT molecular complexity index is 267. The van der Waals surface area contributed by atoms with E-state index in [1.165, 1.54) is 0 Å². The molecule has 1 atom stereocenters. The minimum absolute atomic E-state index is 0.375. The third kappa shape index (κ3) is 5.68. The number of nitrogens with one attached hydrogen (secondary N) is 1. The molecule has 1 unspecified atom stereocenters. The van der Waals surface area contributed by atoms with Gasteiger partial charge in [0.05, 0.1) is 12.7 Å². The molecular weight excluding hydrogens is 204 g/mol. The molecule has 0 bridgehead atoms. The van der Waals surface area contributed by atoms with E-state index in [4.69, 9.17) is 4.74 Å². The van der Waals surface area contributed by atoms with Gasteiger partial charge in [0, 0.05) is 19.3 Å². The minimum atomic E-state index is -0.487. The van der Waals surface area contributed by atoms with E-state index in [0.29, 0.717) is 13.2 Å². The van der Waals surface area contributed by atoms with Crippen LogP contribution in [0.4, 0.5) is 5.82 Å². The first-order valence-electron chi connectivity index (χ1n) is 5.73. The first kappa shape index (κ1) is 12.9. The monoisotopic (exact) mass is 224 g/mol. The van der Waals surface area contributed by atoms with Crippen molar-refractivity contribution in [1.82, 2.24) is 4.98 Å². The molecule has 1 heterocycles. The second kappa shape index (κ2) is 8.07. The number of unbranched alkanes of at least 4 members (excludes halogenated alkanes) is 1. The molecule has 0 fully saturated rings. The summed E-state index contributed by atoms with van der Waals surface area (Å²) in [6, 6.07) is 5.62. The van der Waals surface area contributed by atoms with Crippen molar-refractivity contribution >= 4 is 5.82 Å². The molecular formula is C12H20N2O2. The molecule has 1 aromatic rings. The van der Waals surface area contributed by atoms with Crippen LogP contribution in [-0.4, -0.2) is 36.0 Å². The quantitative estimate of drug-likeness (QED) is 0.660. The van der Waals surface area contributed by atoms with Gasteiger partial charge in [-0.05, 0) is 18.6 Å². The molecule has 0 aliphatic carbocycles. The van der Waals surface area contributed by atoms with Crippen LogP contribution >= 0.6 is 0 Å². The smallest absolute Gasteiger partial charge is 0.125 e. The summed E-state index contributed by atoms with van der Waals surface area (Å²) in [5.74, 6) is 0.773. The van der Waals surface area contributed by atoms with E-state index in [-0.39, 0.29) is 0 Å². The number of hydrogen-bond donors (Lipinski definition) is 2. The summed E-state index contributed by atoms with van der Waals surface area (Å²) < 4.78 is 5.31. The molecule has 2 N–H and O–H groups in total. The van der Waals surface area contributed by atoms with Crippen LogP contribution in [0.15, 0.2) is 24.4 Å². The fourth-order valence-electron chi connectivity index (χ4n) is 1.21. The molecule has 1 aromatic heterocycles. The third-order valence-electron chi connectivity index (χ3n) is 2.14. The number of aromatic nitrogens is 1. The number of anilines is 1. The van der Waals surface area contributed by atoms with Crippen LogP contribution in [0.2, 0.25) is 0 Å². The molecule has 4 heteroatoms. The van der Waals surface area contributed by atoms with Crippen LogP contribution < -0.4 is 5.32 Å². The van der Waals surface area contributed by atoms with Crippen LogP contribution in [0.3, 0.4) is 0 Å². The zero-order chi connectivity index (χ0) is 11.6. The average molecular weight is 224 g/mol. The van der Waals surface area contributed by atoms with E-state index < -0.39 is 6.10 Å². The van der Waals surface area contributed by atoms with Gasteiger partial charge in [0.2, 0.25) is 0 Å². The van der Waals surface area contributed by atoms with E-state index >= 15 is 0 Å². The predicted molar refractivity (Wildman–Crippen MR) is 64.5 cm³/mol. The van der Waals surface area contributed by atoms with Gasteiger partial charge >= 0.3 is 0 Å². The van der Waals surface area contributed by atoms with Gasteiger partial charge in [-0.25, -0.2) is 4.98 Å². The molecule has 0 aliphatic rings. The SMILES string of the molecule is CCCCOCC(O)CNc1ccccn1. The fourth-order valence-corrected chi connectivity index (χ4v) is 1.21. The van der Waals surface area contributed by atoms with Crippen LogP contribution in [0, 0.1) is 0 Å². The number of hydrogen-bond acceptors (Lipinski definition) is 4. The van der Waals surface area contributed by atoms with Crippen molar-refractivity contribution in [2.24, 2.45) is 0 Å². The fraction of sp³-hybridized carbons (Fsp3) is 0.583. The lowest BCUT2D eigenvalue weighted by Gasteiger charge is -2.12. The van der Waals surface area contributed by atoms with Crippen molar-refractivity contribution in [2.45, 2.75) is 25.9 Å². The standard InChI is InChI=1S/C12H20N2O2/c1-2-3-8-16-10-11(15)9-14-12-6-4-5-7-13-12/h4-7,11,15H,2-3,8-10H2,1H3,(H,13,14). The largest absolute Gasteiger partial charge is 0.389 e. The molecule has 0 amide bonds. The Morgan fingerprint density at radius 1 is 1.50 bits per heavy atom. The maximum absolute atomic E-state index is 9.59. The van der Waals surface area contributed by atoms with Crippen LogP contribution in [-0.2, 0) is 4.74 Å². The maximum atomic E-state index is 9.59. The zero-order valence-corrected chi connectivity index (χ0v) is 9.72. The van der Waals surface area contributed by atoms with Crippen LogP contribution in [0.25, 0.3) is 0 Å². The lowest BCUT2D eigenvalue weighted by atomic mass is 10.3. The van der Waals surface area contributed by atoms with Crippen LogP contribution in [0.5, 0.6) is 0 Å². The Labute approximate surface area is 96.7 Å². The number of rotatable bonds is 8. The predicted octanol–water partition coefficient (Wildman–Crippen LogP) is 1.67. The lowest BCUT2D eigenvalue weighted by molar-refractivity contribution is 0.0421. The molecule has 0 aromatic carbocycles. The average Bonchev–Trinajstić information content (AvgIpc) is 2.33. The number of aliphatic hydroxyl groups is 1. The molecule has 0 saturated carbocycles. The third-order valence-corrected chi connectivity index (χ3v) is 2.14. The van der Waals surface area contributed by atoms with Crippen molar-refractivity contribution in [2.75, 3.05) is 25.1 Å². The molecule has 0 saturated heterocycles. The normalized spacial score (nSPS) is 12.4. The second-order valence-corrected chi connectivity index (χ2v) is 3.68. The van der Waals surface area contributed by atoms with Crippen LogP contribution in [0.1, 0.15) is 19.8 Å². The van der Waals surface area contributed by atoms with Gasteiger partial charge in [0.25, 0.3) is 0 Å². The maximum Gasteiger partial charge on any atom is 0.125 e. The highest BCUT2D eigenvalue weighted by atomic mass is 16.5. The van der Waals surface area contributed by atoms with Crippen molar-refractivity contribution in [3.05, 3.63) is 24.4 Å². The molecule has 0 spiro atoms. The number of pyridine rings is 1. The van der Waals surface area contributed by atoms with Crippen molar-refractivity contribution < 1.29 is 9.84 Å². The Kier molecular flexibility index (Phi) is 6.53. The van der Waals surface area contributed by atoms with Crippen molar-refractivity contribution in [1.29, 1.82) is 0 Å². The zero-order valence-electron chi connectivity index (χ0n) is 9.72. The first-order chi connectivity index (χ1) is 7.83. The molecule has 4 nitrogen and oxygen atoms in total. The van der Waals surface area contributed by atoms with Gasteiger partial charge in [-0.1, -0.05) is 19.4 Å². The van der Waals surface area contributed by atoms with E-state index in [1.54, 1.807) is 6.20 Å². The van der Waals surface area contributed by atoms with Crippen molar-refractivity contribution in [3.8, 4) is 0 Å². The second-order valence-electron chi connectivity index (χ2n) is 3.68. The number of aliphatic hydroxyl groups excluding tert-OH is 1. The Morgan fingerprint density at radius 3 is 3.06 bits per heavy atom. The molecule has 0 radical (unpaired) electrons. The van der Waals surface area contributed by atoms with E-state index in [2.05, 4.69) is 17.2 Å². The Hall–Kier alpha value is -1.13. The highest BCUT2D eigenvalue weighted by Gasteiger charge is 2.03. The molecule has 0 aliphatic heterocycles. The summed E-state index contributed by atoms with van der Waals surface area (Å²) in [5, 5.41) is 12.6. The molecule has 90 valence electrons. The Morgan fingerprint density at radius 2 is 2.38 bits per heavy atom. The summed E-state index contributed by atoms with van der Waals surface area (Å²) in [5.41, 5.74) is 0. The summed E-state index contributed by atoms with van der Waals surface area (Å²) in [7, 11) is 0. The van der Waals surface area contributed by atoms with E-state index in [0.717, 1.165) is 25.3 Å². The lowest BCUT2D eigenvalue weighted by Crippen LogP contribution is -2.25. The van der Waals surface area contributed by atoms with Gasteiger partial charge in [0.1, 0.15) is 5.82 Å². The number of nitrogens with zero attached hydrogens (tertiary/aromatic N) is 1. The molecule has 16 heavy (non-hydrogen) atoms. The summed E-state index contributed by atoms with van der Waals surface area (Å²) in [4.78, 5) is 4.10. The van der Waals surface area contributed by atoms with E-state index in [1.807, 2.05) is 18.2 Å². The summed E-state index contributed by atoms with van der Waals surface area (Å²) in [6.07, 6.45) is 3.38. The number of ether oxygens (including phenoxy) is 1.